The van der Waals surface area contributed by atoms with Crippen LogP contribution in [0.5, 0.6) is 0 Å². The van der Waals surface area contributed by atoms with Crippen LogP contribution in [0.3, 0.4) is 0 Å². The van der Waals surface area contributed by atoms with E-state index < -0.39 is 0 Å². The predicted octanol–water partition coefficient (Wildman–Crippen LogP) is 3.89. The summed E-state index contributed by atoms with van der Waals surface area (Å²) in [5, 5.41) is 10.5. The molecular formula is C18H17ClN4OS. The highest BCUT2D eigenvalue weighted by Crippen LogP contribution is 2.18. The highest BCUT2D eigenvalue weighted by molar-refractivity contribution is 7.71. The minimum atomic E-state index is -0.161. The molecule has 0 saturated carbocycles. The van der Waals surface area contributed by atoms with Crippen LogP contribution in [0.25, 0.3) is 11.4 Å². The lowest BCUT2D eigenvalue weighted by atomic mass is 10.1. The standard InChI is InChI=1S/C18H17ClN4OS/c1-12-5-4-7-13(9-12)17-21-22-18(25)23(17)11-16(24)20-10-14-6-2-3-8-15(14)19/h2-9H,10-11H2,1H3,(H,20,24)(H,22,25). The van der Waals surface area contributed by atoms with Gasteiger partial charge < -0.3 is 5.32 Å². The zero-order chi connectivity index (χ0) is 17.8. The molecule has 2 N–H and O–H groups in total. The lowest BCUT2D eigenvalue weighted by molar-refractivity contribution is -0.121. The number of hydrogen-bond donors (Lipinski definition) is 2. The van der Waals surface area contributed by atoms with E-state index in [1.165, 1.54) is 0 Å². The van der Waals surface area contributed by atoms with Crippen LogP contribution in [-0.2, 0) is 17.9 Å². The number of amides is 1. The minimum Gasteiger partial charge on any atom is -0.350 e. The van der Waals surface area contributed by atoms with Crippen LogP contribution >= 0.6 is 23.8 Å². The van der Waals surface area contributed by atoms with Crippen molar-refractivity contribution in [2.45, 2.75) is 20.0 Å². The molecule has 0 fully saturated rings. The number of nitrogens with one attached hydrogen (secondary N) is 2. The normalized spacial score (nSPS) is 10.6. The monoisotopic (exact) mass is 372 g/mol. The van der Waals surface area contributed by atoms with Crippen molar-refractivity contribution in [3.8, 4) is 11.4 Å². The van der Waals surface area contributed by atoms with E-state index in [-0.39, 0.29) is 12.5 Å². The first-order valence-electron chi connectivity index (χ1n) is 7.77. The topological polar surface area (TPSA) is 62.7 Å². The van der Waals surface area contributed by atoms with Gasteiger partial charge >= 0.3 is 0 Å². The van der Waals surface area contributed by atoms with Crippen molar-refractivity contribution in [2.75, 3.05) is 0 Å². The number of aromatic amines is 1. The summed E-state index contributed by atoms with van der Waals surface area (Å²) < 4.78 is 2.09. The highest BCUT2D eigenvalue weighted by atomic mass is 35.5. The molecule has 7 heteroatoms. The summed E-state index contributed by atoms with van der Waals surface area (Å²) >= 11 is 11.4. The zero-order valence-electron chi connectivity index (χ0n) is 13.6. The van der Waals surface area contributed by atoms with E-state index in [0.717, 1.165) is 16.7 Å². The van der Waals surface area contributed by atoms with Gasteiger partial charge in [0.25, 0.3) is 0 Å². The fourth-order valence-corrected chi connectivity index (χ4v) is 2.90. The average Bonchev–Trinajstić information content (AvgIpc) is 2.95. The molecule has 5 nitrogen and oxygen atoms in total. The van der Waals surface area contributed by atoms with Crippen molar-refractivity contribution >= 4 is 29.7 Å². The molecule has 128 valence electrons. The highest BCUT2D eigenvalue weighted by Gasteiger charge is 2.12. The molecule has 1 amide bonds. The molecule has 1 heterocycles. The van der Waals surface area contributed by atoms with Crippen LogP contribution in [0.1, 0.15) is 11.1 Å². The molecule has 0 unspecified atom stereocenters. The van der Waals surface area contributed by atoms with Crippen LogP contribution in [0.15, 0.2) is 48.5 Å². The SMILES string of the molecule is Cc1cccc(-c2n[nH]c(=S)n2CC(=O)NCc2ccccc2Cl)c1. The van der Waals surface area contributed by atoms with Gasteiger partial charge in [-0.2, -0.15) is 5.10 Å². The Morgan fingerprint density at radius 3 is 2.84 bits per heavy atom. The minimum absolute atomic E-state index is 0.0864. The van der Waals surface area contributed by atoms with Gasteiger partial charge in [-0.1, -0.05) is 53.6 Å². The molecule has 0 aliphatic rings. The first kappa shape index (κ1) is 17.4. The van der Waals surface area contributed by atoms with Crippen molar-refractivity contribution in [2.24, 2.45) is 0 Å². The number of H-pyrrole nitrogens is 1. The Hall–Kier alpha value is -2.44. The van der Waals surface area contributed by atoms with Crippen LogP contribution in [0.2, 0.25) is 5.02 Å². The maximum atomic E-state index is 12.3. The summed E-state index contributed by atoms with van der Waals surface area (Å²) in [7, 11) is 0. The number of carbonyl (C=O) groups excluding carboxylic acids is 1. The van der Waals surface area contributed by atoms with Gasteiger partial charge in [0.2, 0.25) is 5.91 Å². The quantitative estimate of drug-likeness (QED) is 0.668. The Labute approximate surface area is 155 Å². The third-order valence-corrected chi connectivity index (χ3v) is 4.45. The predicted molar refractivity (Wildman–Crippen MR) is 101 cm³/mol. The first-order valence-corrected chi connectivity index (χ1v) is 8.55. The lowest BCUT2D eigenvalue weighted by Crippen LogP contribution is -2.27. The van der Waals surface area contributed by atoms with Crippen LogP contribution in [-0.4, -0.2) is 20.7 Å². The van der Waals surface area contributed by atoms with E-state index in [9.17, 15) is 4.79 Å². The van der Waals surface area contributed by atoms with Gasteiger partial charge in [0.15, 0.2) is 10.6 Å². The summed E-state index contributed by atoms with van der Waals surface area (Å²) in [5.41, 5.74) is 2.89. The van der Waals surface area contributed by atoms with Gasteiger partial charge in [-0.05, 0) is 36.8 Å². The Kier molecular flexibility index (Phi) is 5.31. The molecule has 0 spiro atoms. The first-order chi connectivity index (χ1) is 12.0. The van der Waals surface area contributed by atoms with Crippen molar-refractivity contribution < 1.29 is 4.79 Å². The number of aryl methyl sites for hydroxylation is 1. The molecule has 2 aromatic carbocycles. The van der Waals surface area contributed by atoms with Gasteiger partial charge in [-0.3, -0.25) is 14.5 Å². The van der Waals surface area contributed by atoms with Gasteiger partial charge in [-0.25, -0.2) is 0 Å². The number of hydrogen-bond acceptors (Lipinski definition) is 3. The largest absolute Gasteiger partial charge is 0.350 e. The third-order valence-electron chi connectivity index (χ3n) is 3.77. The van der Waals surface area contributed by atoms with Gasteiger partial charge in [-0.15, -0.1) is 0 Å². The maximum absolute atomic E-state index is 12.3. The van der Waals surface area contributed by atoms with Crippen molar-refractivity contribution in [1.82, 2.24) is 20.1 Å². The molecule has 0 saturated heterocycles. The van der Waals surface area contributed by atoms with Crippen LogP contribution in [0, 0.1) is 11.7 Å². The Morgan fingerprint density at radius 2 is 2.08 bits per heavy atom. The van der Waals surface area contributed by atoms with Crippen LogP contribution < -0.4 is 5.32 Å². The number of carbonyl (C=O) groups is 1. The molecule has 0 aliphatic carbocycles. The fourth-order valence-electron chi connectivity index (χ4n) is 2.50. The molecule has 1 aromatic heterocycles. The summed E-state index contributed by atoms with van der Waals surface area (Å²) in [4.78, 5) is 12.3. The van der Waals surface area contributed by atoms with E-state index in [4.69, 9.17) is 23.8 Å². The molecule has 3 aromatic rings. The van der Waals surface area contributed by atoms with E-state index in [0.29, 0.717) is 22.2 Å². The second-order valence-corrected chi connectivity index (χ2v) is 6.47. The lowest BCUT2D eigenvalue weighted by Gasteiger charge is -2.09. The molecule has 0 bridgehead atoms. The van der Waals surface area contributed by atoms with E-state index in [2.05, 4.69) is 15.5 Å². The van der Waals surface area contributed by atoms with Gasteiger partial charge in [0, 0.05) is 17.1 Å². The van der Waals surface area contributed by atoms with Crippen molar-refractivity contribution in [1.29, 1.82) is 0 Å². The summed E-state index contributed by atoms with van der Waals surface area (Å²) in [6, 6.07) is 15.3. The van der Waals surface area contributed by atoms with Gasteiger partial charge in [0.1, 0.15) is 6.54 Å². The maximum Gasteiger partial charge on any atom is 0.240 e. The Balaban J connectivity index is 1.75. The number of benzene rings is 2. The second-order valence-electron chi connectivity index (χ2n) is 5.68. The zero-order valence-corrected chi connectivity index (χ0v) is 15.2. The molecule has 0 aliphatic heterocycles. The van der Waals surface area contributed by atoms with E-state index in [1.807, 2.05) is 49.4 Å². The van der Waals surface area contributed by atoms with Gasteiger partial charge in [0.05, 0.1) is 0 Å². The number of nitrogens with zero attached hydrogens (tertiary/aromatic N) is 2. The number of rotatable bonds is 5. The van der Waals surface area contributed by atoms with Crippen molar-refractivity contribution in [3.05, 3.63) is 69.5 Å². The average molecular weight is 373 g/mol. The summed E-state index contributed by atoms with van der Waals surface area (Å²) in [6.07, 6.45) is 0. The molecule has 25 heavy (non-hydrogen) atoms. The number of aromatic nitrogens is 3. The third kappa shape index (κ3) is 4.15. The molecule has 3 rings (SSSR count). The fraction of sp³-hybridized carbons (Fsp3) is 0.167. The Morgan fingerprint density at radius 1 is 1.28 bits per heavy atom. The number of halogens is 1. The van der Waals surface area contributed by atoms with E-state index in [1.54, 1.807) is 10.6 Å². The van der Waals surface area contributed by atoms with Crippen molar-refractivity contribution in [3.63, 3.8) is 0 Å². The summed E-state index contributed by atoms with van der Waals surface area (Å²) in [5.74, 6) is 0.480. The van der Waals surface area contributed by atoms with Crippen LogP contribution in [0.4, 0.5) is 0 Å². The molecular weight excluding hydrogens is 356 g/mol. The van der Waals surface area contributed by atoms with E-state index >= 15 is 0 Å². The Bertz CT molecular complexity index is 963. The molecule has 0 atom stereocenters. The smallest absolute Gasteiger partial charge is 0.240 e. The molecule has 0 radical (unpaired) electrons. The second kappa shape index (κ2) is 7.63. The summed E-state index contributed by atoms with van der Waals surface area (Å²) in [6.45, 7) is 2.46.